The van der Waals surface area contributed by atoms with Crippen LogP contribution in [0.5, 0.6) is 0 Å². The molecule has 0 radical (unpaired) electrons. The predicted molar refractivity (Wildman–Crippen MR) is 62.1 cm³/mol. The normalized spacial score (nSPS) is 18.2. The van der Waals surface area contributed by atoms with Crippen molar-refractivity contribution in [3.63, 3.8) is 0 Å². The molecule has 88 valence electrons. The molecule has 0 unspecified atom stereocenters. The number of rotatable bonds is 2. The van der Waals surface area contributed by atoms with Gasteiger partial charge in [-0.25, -0.2) is 4.79 Å². The molecule has 0 saturated carbocycles. The summed E-state index contributed by atoms with van der Waals surface area (Å²) in [5.41, 5.74) is 3.86. The third kappa shape index (κ3) is 2.18. The van der Waals surface area contributed by atoms with Crippen LogP contribution < -0.4 is 5.43 Å². The van der Waals surface area contributed by atoms with Crippen molar-refractivity contribution in [3.8, 4) is 0 Å². The third-order valence-corrected chi connectivity index (χ3v) is 2.40. The fourth-order valence-corrected chi connectivity index (χ4v) is 1.69. The highest BCUT2D eigenvalue weighted by Gasteiger charge is 2.26. The molecule has 1 aliphatic heterocycles. The molecular weight excluding hydrogens is 220 g/mol. The molecule has 2 rings (SSSR count). The van der Waals surface area contributed by atoms with Crippen molar-refractivity contribution in [2.45, 2.75) is 13.3 Å². The van der Waals surface area contributed by atoms with E-state index in [-0.39, 0.29) is 24.4 Å². The number of ether oxygens (including phenoxy) is 1. The minimum Gasteiger partial charge on any atom is -0.462 e. The van der Waals surface area contributed by atoms with Crippen molar-refractivity contribution in [1.82, 2.24) is 5.43 Å². The molecule has 0 bridgehead atoms. The van der Waals surface area contributed by atoms with E-state index in [0.29, 0.717) is 11.3 Å². The molecule has 0 aromatic heterocycles. The number of ketones is 1. The van der Waals surface area contributed by atoms with Gasteiger partial charge < -0.3 is 4.74 Å². The number of allylic oxidation sites excluding steroid dienone is 3. The molecule has 1 aliphatic carbocycles. The van der Waals surface area contributed by atoms with E-state index in [0.717, 1.165) is 0 Å². The van der Waals surface area contributed by atoms with Gasteiger partial charge >= 0.3 is 5.97 Å². The molecule has 1 N–H and O–H groups in total. The molecule has 0 atom stereocenters. The zero-order valence-electron chi connectivity index (χ0n) is 9.40. The lowest BCUT2D eigenvalue weighted by molar-refractivity contribution is -0.138. The van der Waals surface area contributed by atoms with Crippen molar-refractivity contribution in [1.29, 1.82) is 0 Å². The zero-order chi connectivity index (χ0) is 12.3. The average molecular weight is 232 g/mol. The number of hydrazone groups is 1. The van der Waals surface area contributed by atoms with Crippen molar-refractivity contribution in [2.75, 3.05) is 6.61 Å². The average Bonchev–Trinajstić information content (AvgIpc) is 2.52. The van der Waals surface area contributed by atoms with Crippen LogP contribution in [0.4, 0.5) is 0 Å². The van der Waals surface area contributed by atoms with Gasteiger partial charge in [-0.3, -0.25) is 10.2 Å². The number of hydrogen-bond donors (Lipinski definition) is 1. The molecular formula is C12H12N2O3. The van der Waals surface area contributed by atoms with Gasteiger partial charge in [0, 0.05) is 12.6 Å². The highest BCUT2D eigenvalue weighted by Crippen LogP contribution is 2.23. The number of nitrogens with one attached hydrogen (secondary N) is 1. The van der Waals surface area contributed by atoms with Crippen LogP contribution >= 0.6 is 0 Å². The second-order valence-electron chi connectivity index (χ2n) is 3.51. The van der Waals surface area contributed by atoms with Crippen molar-refractivity contribution in [2.24, 2.45) is 5.10 Å². The minimum atomic E-state index is -0.501. The maximum atomic E-state index is 11.8. The van der Waals surface area contributed by atoms with Gasteiger partial charge in [0.1, 0.15) is 0 Å². The molecule has 17 heavy (non-hydrogen) atoms. The molecule has 0 spiro atoms. The molecule has 1 heterocycles. The van der Waals surface area contributed by atoms with Gasteiger partial charge in [0.15, 0.2) is 5.78 Å². The quantitative estimate of drug-likeness (QED) is 0.716. The maximum absolute atomic E-state index is 11.8. The standard InChI is InChI=1S/C12H12N2O3/c1-2-17-12(16)8-6-7-13-14-9-4-3-5-10(15)11(8)9/h3-4,6-7,14H,2,5H2,1H3. The number of esters is 1. The number of carbonyl (C=O) groups is 2. The summed E-state index contributed by atoms with van der Waals surface area (Å²) < 4.78 is 4.93. The van der Waals surface area contributed by atoms with E-state index in [1.165, 1.54) is 12.3 Å². The summed E-state index contributed by atoms with van der Waals surface area (Å²) >= 11 is 0. The minimum absolute atomic E-state index is 0.111. The lowest BCUT2D eigenvalue weighted by atomic mass is 9.94. The Morgan fingerprint density at radius 1 is 1.59 bits per heavy atom. The lowest BCUT2D eigenvalue weighted by Gasteiger charge is -2.14. The van der Waals surface area contributed by atoms with Gasteiger partial charge in [-0.1, -0.05) is 6.08 Å². The van der Waals surface area contributed by atoms with Gasteiger partial charge in [0.05, 0.1) is 23.5 Å². The monoisotopic (exact) mass is 232 g/mol. The zero-order valence-corrected chi connectivity index (χ0v) is 9.40. The van der Waals surface area contributed by atoms with E-state index in [1.807, 2.05) is 0 Å². The summed E-state index contributed by atoms with van der Waals surface area (Å²) in [5.74, 6) is -0.612. The van der Waals surface area contributed by atoms with Gasteiger partial charge in [-0.05, 0) is 19.1 Å². The Kier molecular flexibility index (Phi) is 3.18. The Morgan fingerprint density at radius 2 is 2.41 bits per heavy atom. The van der Waals surface area contributed by atoms with Crippen LogP contribution in [0.15, 0.2) is 40.2 Å². The van der Waals surface area contributed by atoms with Crippen LogP contribution in [-0.4, -0.2) is 24.6 Å². The number of nitrogens with zero attached hydrogens (tertiary/aromatic N) is 1. The van der Waals surface area contributed by atoms with Crippen LogP contribution in [0, 0.1) is 0 Å². The first-order valence-electron chi connectivity index (χ1n) is 5.35. The number of hydrogen-bond acceptors (Lipinski definition) is 5. The number of carbonyl (C=O) groups excluding carboxylic acids is 2. The summed E-state index contributed by atoms with van der Waals surface area (Å²) in [6.07, 6.45) is 6.69. The Labute approximate surface area is 98.5 Å². The maximum Gasteiger partial charge on any atom is 0.338 e. The van der Waals surface area contributed by atoms with Gasteiger partial charge in [-0.15, -0.1) is 0 Å². The molecule has 5 heteroatoms. The van der Waals surface area contributed by atoms with Crippen LogP contribution in [0.25, 0.3) is 0 Å². The Hall–Kier alpha value is -2.17. The molecule has 5 nitrogen and oxygen atoms in total. The van der Waals surface area contributed by atoms with Gasteiger partial charge in [0.2, 0.25) is 0 Å². The van der Waals surface area contributed by atoms with Crippen molar-refractivity contribution in [3.05, 3.63) is 35.1 Å². The van der Waals surface area contributed by atoms with E-state index in [1.54, 1.807) is 19.1 Å². The van der Waals surface area contributed by atoms with Crippen LogP contribution in [0.1, 0.15) is 13.3 Å². The van der Waals surface area contributed by atoms with Crippen molar-refractivity contribution >= 4 is 18.0 Å². The summed E-state index contributed by atoms with van der Waals surface area (Å²) in [7, 11) is 0. The first-order valence-corrected chi connectivity index (χ1v) is 5.35. The summed E-state index contributed by atoms with van der Waals surface area (Å²) in [6, 6.07) is 0. The highest BCUT2D eigenvalue weighted by atomic mass is 16.5. The number of Topliss-reactive ketones (excluding diaryl/α,β-unsaturated/α-hetero) is 1. The Bertz CT molecular complexity index is 484. The first-order chi connectivity index (χ1) is 8.24. The highest BCUT2D eigenvalue weighted by molar-refractivity contribution is 6.13. The molecule has 0 amide bonds. The van der Waals surface area contributed by atoms with Gasteiger partial charge in [-0.2, -0.15) is 5.10 Å². The van der Waals surface area contributed by atoms with Crippen LogP contribution in [-0.2, 0) is 14.3 Å². The predicted octanol–water partition coefficient (Wildman–Crippen LogP) is 0.848. The SMILES string of the molecule is CCOC(=O)C1=CC=NNC2=C1C(=O)CC=C2. The van der Waals surface area contributed by atoms with E-state index >= 15 is 0 Å². The molecule has 0 saturated heterocycles. The molecule has 0 fully saturated rings. The van der Waals surface area contributed by atoms with Crippen LogP contribution in [0.2, 0.25) is 0 Å². The lowest BCUT2D eigenvalue weighted by Crippen LogP contribution is -2.20. The Morgan fingerprint density at radius 3 is 3.18 bits per heavy atom. The second-order valence-corrected chi connectivity index (χ2v) is 3.51. The molecule has 2 aliphatic rings. The molecule has 0 aromatic carbocycles. The van der Waals surface area contributed by atoms with E-state index in [4.69, 9.17) is 4.74 Å². The third-order valence-electron chi connectivity index (χ3n) is 2.40. The van der Waals surface area contributed by atoms with E-state index < -0.39 is 5.97 Å². The van der Waals surface area contributed by atoms with E-state index in [2.05, 4.69) is 10.5 Å². The smallest absolute Gasteiger partial charge is 0.338 e. The summed E-state index contributed by atoms with van der Waals surface area (Å²) in [4.78, 5) is 23.6. The first kappa shape index (κ1) is 11.3. The topological polar surface area (TPSA) is 67.8 Å². The largest absolute Gasteiger partial charge is 0.462 e. The van der Waals surface area contributed by atoms with Gasteiger partial charge in [0.25, 0.3) is 0 Å². The van der Waals surface area contributed by atoms with E-state index in [9.17, 15) is 9.59 Å². The fourth-order valence-electron chi connectivity index (χ4n) is 1.69. The molecule has 0 aromatic rings. The Balaban J connectivity index is 2.44. The summed E-state index contributed by atoms with van der Waals surface area (Å²) in [5, 5.41) is 3.86. The van der Waals surface area contributed by atoms with Crippen LogP contribution in [0.3, 0.4) is 0 Å². The fraction of sp³-hybridized carbons (Fsp3) is 0.250. The van der Waals surface area contributed by atoms with Crippen molar-refractivity contribution < 1.29 is 14.3 Å². The summed E-state index contributed by atoms with van der Waals surface area (Å²) in [6.45, 7) is 1.99. The second kappa shape index (κ2) is 4.78.